The average Bonchev–Trinajstić information content (AvgIpc) is 3.46. The maximum Gasteiger partial charge on any atom is 0.179 e. The van der Waals surface area contributed by atoms with Gasteiger partial charge < -0.3 is 4.74 Å². The lowest BCUT2D eigenvalue weighted by molar-refractivity contribution is 0.183. The molecule has 4 heterocycles. The molecule has 1 aliphatic rings. The first kappa shape index (κ1) is 16.8. The molecule has 0 bridgehead atoms. The number of rotatable bonds is 6. The van der Waals surface area contributed by atoms with Crippen LogP contribution in [0.3, 0.4) is 0 Å². The maximum absolute atomic E-state index is 5.11. The van der Waals surface area contributed by atoms with Crippen molar-refractivity contribution >= 4 is 16.7 Å². The topological polar surface area (TPSA) is 83.5 Å². The molecule has 0 N–H and O–H groups in total. The second kappa shape index (κ2) is 6.97. The van der Waals surface area contributed by atoms with Crippen molar-refractivity contribution in [3.63, 3.8) is 0 Å². The van der Waals surface area contributed by atoms with E-state index in [1.807, 2.05) is 46.2 Å². The van der Waals surface area contributed by atoms with E-state index in [-0.39, 0.29) is 0 Å². The average molecular weight is 373 g/mol. The van der Waals surface area contributed by atoms with Crippen LogP contribution in [0.1, 0.15) is 11.3 Å². The molecular weight excluding hydrogens is 354 g/mol. The van der Waals surface area contributed by atoms with Gasteiger partial charge in [-0.2, -0.15) is 5.10 Å². The van der Waals surface area contributed by atoms with Gasteiger partial charge in [-0.1, -0.05) is 17.4 Å². The largest absolute Gasteiger partial charge is 0.383 e. The molecule has 1 aliphatic carbocycles. The third-order valence-corrected chi connectivity index (χ3v) is 4.91. The third-order valence-electron chi connectivity index (χ3n) is 4.91. The smallest absolute Gasteiger partial charge is 0.179 e. The van der Waals surface area contributed by atoms with Gasteiger partial charge in [0.15, 0.2) is 5.65 Å². The molecule has 0 radical (unpaired) electrons. The second-order valence-electron chi connectivity index (χ2n) is 6.70. The number of nitrogens with zero attached hydrogens (tertiary/aromatic N) is 7. The van der Waals surface area contributed by atoms with Gasteiger partial charge in [0.05, 0.1) is 37.3 Å². The van der Waals surface area contributed by atoms with E-state index in [0.717, 1.165) is 34.5 Å². The van der Waals surface area contributed by atoms with E-state index in [2.05, 4.69) is 32.5 Å². The molecule has 0 atom stereocenters. The van der Waals surface area contributed by atoms with E-state index < -0.39 is 0 Å². The first-order valence-electron chi connectivity index (χ1n) is 9.17. The zero-order valence-electron chi connectivity index (χ0n) is 15.5. The van der Waals surface area contributed by atoms with Crippen molar-refractivity contribution in [3.8, 4) is 11.3 Å². The lowest BCUT2D eigenvalue weighted by Gasteiger charge is -2.06. The van der Waals surface area contributed by atoms with Gasteiger partial charge in [0.2, 0.25) is 0 Å². The molecule has 0 amide bonds. The fourth-order valence-corrected chi connectivity index (χ4v) is 3.46. The van der Waals surface area contributed by atoms with Crippen molar-refractivity contribution in [1.82, 2.24) is 34.7 Å². The van der Waals surface area contributed by atoms with Crippen molar-refractivity contribution in [3.05, 3.63) is 60.2 Å². The van der Waals surface area contributed by atoms with Crippen LogP contribution in [0.5, 0.6) is 0 Å². The van der Waals surface area contributed by atoms with Crippen LogP contribution < -0.4 is 0 Å². The fourth-order valence-electron chi connectivity index (χ4n) is 3.46. The Bertz CT molecular complexity index is 1170. The van der Waals surface area contributed by atoms with E-state index in [0.29, 0.717) is 19.7 Å². The highest BCUT2D eigenvalue weighted by molar-refractivity contribution is 5.76. The number of aromatic nitrogens is 7. The Hall–Kier alpha value is -3.39. The third kappa shape index (κ3) is 2.97. The van der Waals surface area contributed by atoms with Crippen LogP contribution in [-0.2, 0) is 24.2 Å². The predicted molar refractivity (Wildman–Crippen MR) is 104 cm³/mol. The molecule has 4 aromatic heterocycles. The van der Waals surface area contributed by atoms with Gasteiger partial charge >= 0.3 is 0 Å². The first-order valence-corrected chi connectivity index (χ1v) is 9.17. The summed E-state index contributed by atoms with van der Waals surface area (Å²) in [5.74, 6) is 0. The predicted octanol–water partition coefficient (Wildman–Crippen LogP) is 2.37. The Morgan fingerprint density at radius 2 is 2.18 bits per heavy atom. The molecular formula is C20H19N7O. The van der Waals surface area contributed by atoms with E-state index >= 15 is 0 Å². The Balaban J connectivity index is 1.45. The summed E-state index contributed by atoms with van der Waals surface area (Å²) < 4.78 is 8.81. The SMILES string of the molecule is COCCn1cc(-c2ccc3nnn(CC4=CCc5ncccc54)c3n2)cn1. The van der Waals surface area contributed by atoms with Gasteiger partial charge in [-0.15, -0.1) is 5.10 Å². The van der Waals surface area contributed by atoms with Crippen LogP contribution in [0.4, 0.5) is 0 Å². The minimum atomic E-state index is 0.621. The lowest BCUT2D eigenvalue weighted by Crippen LogP contribution is -2.04. The summed E-state index contributed by atoms with van der Waals surface area (Å²) >= 11 is 0. The number of ether oxygens (including phenoxy) is 1. The van der Waals surface area contributed by atoms with Gasteiger partial charge in [-0.25, -0.2) is 9.67 Å². The summed E-state index contributed by atoms with van der Waals surface area (Å²) in [4.78, 5) is 9.25. The quantitative estimate of drug-likeness (QED) is 0.516. The molecule has 140 valence electrons. The van der Waals surface area contributed by atoms with Crippen molar-refractivity contribution in [1.29, 1.82) is 0 Å². The highest BCUT2D eigenvalue weighted by Crippen LogP contribution is 2.27. The number of hydrogen-bond donors (Lipinski definition) is 0. The zero-order valence-corrected chi connectivity index (χ0v) is 15.5. The van der Waals surface area contributed by atoms with Crippen LogP contribution in [0, 0.1) is 0 Å². The summed E-state index contributed by atoms with van der Waals surface area (Å²) in [5.41, 5.74) is 6.85. The highest BCUT2D eigenvalue weighted by Gasteiger charge is 2.17. The molecule has 0 spiro atoms. The molecule has 4 aromatic rings. The van der Waals surface area contributed by atoms with Crippen LogP contribution in [0.15, 0.2) is 48.9 Å². The van der Waals surface area contributed by atoms with E-state index in [1.165, 1.54) is 11.1 Å². The van der Waals surface area contributed by atoms with Crippen molar-refractivity contribution < 1.29 is 4.74 Å². The molecule has 0 unspecified atom stereocenters. The standard InChI is InChI=1S/C20H19N7O/c1-28-10-9-26-12-15(11-22-26)17-6-7-19-20(23-17)27(25-24-19)13-14-4-5-18-16(14)3-2-8-21-18/h2-4,6-8,11-12H,5,9-10,13H2,1H3. The summed E-state index contributed by atoms with van der Waals surface area (Å²) in [7, 11) is 1.68. The van der Waals surface area contributed by atoms with Crippen molar-refractivity contribution in [2.45, 2.75) is 19.5 Å². The summed E-state index contributed by atoms with van der Waals surface area (Å²) in [6.45, 7) is 1.95. The lowest BCUT2D eigenvalue weighted by atomic mass is 10.1. The number of methoxy groups -OCH3 is 1. The minimum Gasteiger partial charge on any atom is -0.383 e. The fraction of sp³-hybridized carbons (Fsp3) is 0.250. The van der Waals surface area contributed by atoms with E-state index in [4.69, 9.17) is 9.72 Å². The van der Waals surface area contributed by atoms with E-state index in [9.17, 15) is 0 Å². The molecule has 0 saturated carbocycles. The number of fused-ring (bicyclic) bond motifs is 2. The molecule has 0 fully saturated rings. The maximum atomic E-state index is 5.11. The van der Waals surface area contributed by atoms with Gasteiger partial charge in [0.1, 0.15) is 5.52 Å². The summed E-state index contributed by atoms with van der Waals surface area (Å²) in [6, 6.07) is 7.97. The van der Waals surface area contributed by atoms with Crippen molar-refractivity contribution in [2.75, 3.05) is 13.7 Å². The van der Waals surface area contributed by atoms with Crippen LogP contribution in [0.2, 0.25) is 0 Å². The summed E-state index contributed by atoms with van der Waals surface area (Å²) in [5, 5.41) is 13.0. The summed E-state index contributed by atoms with van der Waals surface area (Å²) in [6.07, 6.45) is 8.69. The molecule has 0 saturated heterocycles. The van der Waals surface area contributed by atoms with Gasteiger partial charge in [-0.3, -0.25) is 9.67 Å². The number of allylic oxidation sites excluding steroid dienone is 2. The highest BCUT2D eigenvalue weighted by atomic mass is 16.5. The Labute approximate surface area is 161 Å². The normalized spacial score (nSPS) is 13.1. The Morgan fingerprint density at radius 3 is 3.11 bits per heavy atom. The van der Waals surface area contributed by atoms with Crippen molar-refractivity contribution in [2.24, 2.45) is 0 Å². The van der Waals surface area contributed by atoms with Gasteiger partial charge in [-0.05, 0) is 23.8 Å². The van der Waals surface area contributed by atoms with Gasteiger partial charge in [0.25, 0.3) is 0 Å². The molecule has 28 heavy (non-hydrogen) atoms. The zero-order chi connectivity index (χ0) is 18.9. The first-order chi connectivity index (χ1) is 13.8. The molecule has 0 aromatic carbocycles. The molecule has 0 aliphatic heterocycles. The monoisotopic (exact) mass is 373 g/mol. The van der Waals surface area contributed by atoms with Crippen LogP contribution >= 0.6 is 0 Å². The Kier molecular flexibility index (Phi) is 4.17. The Morgan fingerprint density at radius 1 is 1.21 bits per heavy atom. The minimum absolute atomic E-state index is 0.621. The van der Waals surface area contributed by atoms with Gasteiger partial charge in [0, 0.05) is 37.1 Å². The van der Waals surface area contributed by atoms with Crippen LogP contribution in [-0.4, -0.2) is 48.5 Å². The molecule has 8 nitrogen and oxygen atoms in total. The van der Waals surface area contributed by atoms with E-state index in [1.54, 1.807) is 7.11 Å². The van der Waals surface area contributed by atoms with Crippen LogP contribution in [0.25, 0.3) is 28.0 Å². The second-order valence-corrected chi connectivity index (χ2v) is 6.70. The number of hydrogen-bond acceptors (Lipinski definition) is 6. The number of pyridine rings is 2. The molecule has 5 rings (SSSR count). The molecule has 8 heteroatoms.